The molecule has 22 heavy (non-hydrogen) atoms. The van der Waals surface area contributed by atoms with Crippen LogP contribution in [-0.2, 0) is 11.3 Å². The first-order chi connectivity index (χ1) is 10.7. The van der Waals surface area contributed by atoms with Crippen LogP contribution in [0.5, 0.6) is 0 Å². The van der Waals surface area contributed by atoms with E-state index in [1.807, 2.05) is 47.0 Å². The first-order valence-corrected chi connectivity index (χ1v) is 7.79. The van der Waals surface area contributed by atoms with Gasteiger partial charge in [-0.2, -0.15) is 5.10 Å². The molecule has 1 aliphatic rings. The van der Waals surface area contributed by atoms with Crippen molar-refractivity contribution in [3.05, 3.63) is 53.9 Å². The molecule has 0 aliphatic carbocycles. The number of carbonyl (C=O) groups is 1. The summed E-state index contributed by atoms with van der Waals surface area (Å²) in [6.45, 7) is 5.03. The highest BCUT2D eigenvalue weighted by molar-refractivity contribution is 5.76. The number of aryl methyl sites for hydroxylation is 2. The molecular formula is C17H22N4O. The van der Waals surface area contributed by atoms with Crippen LogP contribution in [0.4, 0.5) is 0 Å². The molecule has 1 aliphatic heterocycles. The topological polar surface area (TPSA) is 50.2 Å². The average Bonchev–Trinajstić information content (AvgIpc) is 2.99. The second-order valence-electron chi connectivity index (χ2n) is 5.69. The van der Waals surface area contributed by atoms with E-state index < -0.39 is 0 Å². The molecule has 0 radical (unpaired) electrons. The van der Waals surface area contributed by atoms with Crippen LogP contribution in [0.15, 0.2) is 42.6 Å². The number of nitrogens with zero attached hydrogens (tertiary/aromatic N) is 3. The zero-order valence-corrected chi connectivity index (χ0v) is 12.9. The van der Waals surface area contributed by atoms with Gasteiger partial charge in [0.1, 0.15) is 0 Å². The van der Waals surface area contributed by atoms with Gasteiger partial charge in [0.05, 0.1) is 11.7 Å². The summed E-state index contributed by atoms with van der Waals surface area (Å²) >= 11 is 0. The van der Waals surface area contributed by atoms with Crippen molar-refractivity contribution < 1.29 is 4.79 Å². The molecule has 5 heteroatoms. The van der Waals surface area contributed by atoms with Gasteiger partial charge in [0, 0.05) is 38.8 Å². The van der Waals surface area contributed by atoms with Crippen LogP contribution in [-0.4, -0.2) is 40.2 Å². The summed E-state index contributed by atoms with van der Waals surface area (Å²) in [6.07, 6.45) is 2.42. The van der Waals surface area contributed by atoms with Crippen LogP contribution in [0.25, 0.3) is 0 Å². The highest BCUT2D eigenvalue weighted by atomic mass is 16.2. The Balaban J connectivity index is 1.66. The predicted molar refractivity (Wildman–Crippen MR) is 85.3 cm³/mol. The van der Waals surface area contributed by atoms with E-state index in [1.54, 1.807) is 0 Å². The Hall–Kier alpha value is -2.14. The molecule has 1 N–H and O–H groups in total. The lowest BCUT2D eigenvalue weighted by Gasteiger charge is -2.36. The Morgan fingerprint density at radius 1 is 1.32 bits per heavy atom. The molecule has 2 heterocycles. The maximum absolute atomic E-state index is 12.6. The molecule has 0 saturated carbocycles. The number of benzene rings is 1. The monoisotopic (exact) mass is 298 g/mol. The number of hydrogen-bond acceptors (Lipinski definition) is 3. The molecule has 116 valence electrons. The SMILES string of the molecule is Cc1ccn(CCC(=O)N2CCNCC2c2ccccc2)n1. The third-order valence-corrected chi connectivity index (χ3v) is 4.08. The van der Waals surface area contributed by atoms with Gasteiger partial charge in [-0.05, 0) is 18.6 Å². The molecule has 1 aromatic carbocycles. The van der Waals surface area contributed by atoms with E-state index in [0.29, 0.717) is 13.0 Å². The van der Waals surface area contributed by atoms with Gasteiger partial charge in [-0.1, -0.05) is 30.3 Å². The van der Waals surface area contributed by atoms with Crippen molar-refractivity contribution in [3.63, 3.8) is 0 Å². The normalized spacial score (nSPS) is 18.4. The second kappa shape index (κ2) is 6.75. The van der Waals surface area contributed by atoms with Crippen LogP contribution in [0.1, 0.15) is 23.7 Å². The zero-order chi connectivity index (χ0) is 15.4. The van der Waals surface area contributed by atoms with Crippen LogP contribution >= 0.6 is 0 Å². The molecule has 0 spiro atoms. The second-order valence-corrected chi connectivity index (χ2v) is 5.69. The summed E-state index contributed by atoms with van der Waals surface area (Å²) < 4.78 is 1.84. The quantitative estimate of drug-likeness (QED) is 0.935. The molecular weight excluding hydrogens is 276 g/mol. The van der Waals surface area contributed by atoms with E-state index >= 15 is 0 Å². The van der Waals surface area contributed by atoms with Gasteiger partial charge in [0.2, 0.25) is 5.91 Å². The third kappa shape index (κ3) is 3.36. The van der Waals surface area contributed by atoms with Gasteiger partial charge >= 0.3 is 0 Å². The minimum atomic E-state index is 0.127. The van der Waals surface area contributed by atoms with E-state index in [1.165, 1.54) is 5.56 Å². The molecule has 1 saturated heterocycles. The summed E-state index contributed by atoms with van der Waals surface area (Å²) in [7, 11) is 0. The number of nitrogens with one attached hydrogen (secondary N) is 1. The van der Waals surface area contributed by atoms with Crippen molar-refractivity contribution in [1.82, 2.24) is 20.0 Å². The molecule has 3 rings (SSSR count). The van der Waals surface area contributed by atoms with Crippen molar-refractivity contribution in [1.29, 1.82) is 0 Å². The third-order valence-electron chi connectivity index (χ3n) is 4.08. The van der Waals surface area contributed by atoms with Crippen molar-refractivity contribution in [2.24, 2.45) is 0 Å². The van der Waals surface area contributed by atoms with Crippen molar-refractivity contribution in [2.45, 2.75) is 25.9 Å². The van der Waals surface area contributed by atoms with Crippen LogP contribution in [0.3, 0.4) is 0 Å². The van der Waals surface area contributed by atoms with E-state index in [0.717, 1.165) is 25.3 Å². The molecule has 1 aromatic heterocycles. The highest BCUT2D eigenvalue weighted by Crippen LogP contribution is 2.22. The van der Waals surface area contributed by atoms with Gasteiger partial charge in [0.25, 0.3) is 0 Å². The number of carbonyl (C=O) groups excluding carboxylic acids is 1. The van der Waals surface area contributed by atoms with Crippen LogP contribution in [0, 0.1) is 6.92 Å². The number of aromatic nitrogens is 2. The Bertz CT molecular complexity index is 623. The van der Waals surface area contributed by atoms with Crippen molar-refractivity contribution >= 4 is 5.91 Å². The lowest BCUT2D eigenvalue weighted by molar-refractivity contribution is -0.134. The first-order valence-electron chi connectivity index (χ1n) is 7.79. The fraction of sp³-hybridized carbons (Fsp3) is 0.412. The largest absolute Gasteiger partial charge is 0.333 e. The number of rotatable bonds is 4. The Morgan fingerprint density at radius 2 is 2.14 bits per heavy atom. The van der Waals surface area contributed by atoms with Gasteiger partial charge in [0.15, 0.2) is 0 Å². The van der Waals surface area contributed by atoms with Crippen LogP contribution < -0.4 is 5.32 Å². The smallest absolute Gasteiger partial charge is 0.225 e. The van der Waals surface area contributed by atoms with E-state index in [9.17, 15) is 4.79 Å². The van der Waals surface area contributed by atoms with Crippen LogP contribution in [0.2, 0.25) is 0 Å². The molecule has 5 nitrogen and oxygen atoms in total. The zero-order valence-electron chi connectivity index (χ0n) is 12.9. The predicted octanol–water partition coefficient (Wildman–Crippen LogP) is 1.75. The molecule has 1 amide bonds. The fourth-order valence-electron chi connectivity index (χ4n) is 2.92. The minimum absolute atomic E-state index is 0.127. The van der Waals surface area contributed by atoms with Crippen molar-refractivity contribution in [2.75, 3.05) is 19.6 Å². The lowest BCUT2D eigenvalue weighted by atomic mass is 10.0. The van der Waals surface area contributed by atoms with Gasteiger partial charge in [-0.3, -0.25) is 9.48 Å². The number of amides is 1. The van der Waals surface area contributed by atoms with Gasteiger partial charge in [-0.25, -0.2) is 0 Å². The summed E-state index contributed by atoms with van der Waals surface area (Å²) in [6, 6.07) is 12.3. The Kier molecular flexibility index (Phi) is 4.53. The summed E-state index contributed by atoms with van der Waals surface area (Å²) in [5.41, 5.74) is 2.18. The van der Waals surface area contributed by atoms with Crippen molar-refractivity contribution in [3.8, 4) is 0 Å². The maximum Gasteiger partial charge on any atom is 0.225 e. The highest BCUT2D eigenvalue weighted by Gasteiger charge is 2.27. The van der Waals surface area contributed by atoms with E-state index in [2.05, 4.69) is 22.5 Å². The first kappa shape index (κ1) is 14.8. The lowest BCUT2D eigenvalue weighted by Crippen LogP contribution is -2.48. The van der Waals surface area contributed by atoms with E-state index in [-0.39, 0.29) is 11.9 Å². The Labute approximate surface area is 130 Å². The molecule has 2 aromatic rings. The minimum Gasteiger partial charge on any atom is -0.333 e. The molecule has 1 fully saturated rings. The van der Waals surface area contributed by atoms with Gasteiger partial charge in [-0.15, -0.1) is 0 Å². The standard InChI is InChI=1S/C17H22N4O/c1-14-7-10-20(19-14)11-8-17(22)21-12-9-18-13-16(21)15-5-3-2-4-6-15/h2-7,10,16,18H,8-9,11-13H2,1H3. The maximum atomic E-state index is 12.6. The summed E-state index contributed by atoms with van der Waals surface area (Å²) in [5, 5.41) is 7.72. The number of hydrogen-bond donors (Lipinski definition) is 1. The molecule has 1 atom stereocenters. The van der Waals surface area contributed by atoms with Gasteiger partial charge < -0.3 is 10.2 Å². The molecule has 1 unspecified atom stereocenters. The average molecular weight is 298 g/mol. The molecule has 0 bridgehead atoms. The Morgan fingerprint density at radius 3 is 2.86 bits per heavy atom. The fourth-order valence-corrected chi connectivity index (χ4v) is 2.92. The van der Waals surface area contributed by atoms with E-state index in [4.69, 9.17) is 0 Å². The number of piperazine rings is 1. The summed E-state index contributed by atoms with van der Waals surface area (Å²) in [4.78, 5) is 14.6. The summed E-state index contributed by atoms with van der Waals surface area (Å²) in [5.74, 6) is 0.198.